The molecular formula is C10H15N5O4S. The molecule has 0 fully saturated rings. The molecule has 10 heteroatoms. The maximum absolute atomic E-state index is 11.5. The minimum atomic E-state index is -4.10. The Hall–Kier alpha value is -2.33. The fourth-order valence-electron chi connectivity index (χ4n) is 1.62. The first kappa shape index (κ1) is 15.7. The van der Waals surface area contributed by atoms with Gasteiger partial charge in [0.25, 0.3) is 0 Å². The molecule has 0 unspecified atom stereocenters. The fraction of sp³-hybridized carbons (Fsp3) is 0.200. The number of hydrogen-bond acceptors (Lipinski definition) is 6. The SMILES string of the molecule is NC(=O)CN(CC(N)=O)c1ccc(N)cc1S(N)(=O)=O. The molecule has 2 amide bonds. The first-order chi connectivity index (χ1) is 9.11. The van der Waals surface area contributed by atoms with Crippen molar-refractivity contribution in [3.63, 3.8) is 0 Å². The highest BCUT2D eigenvalue weighted by Gasteiger charge is 2.21. The highest BCUT2D eigenvalue weighted by atomic mass is 32.2. The van der Waals surface area contributed by atoms with Crippen LogP contribution in [0, 0.1) is 0 Å². The summed E-state index contributed by atoms with van der Waals surface area (Å²) in [6, 6.07) is 3.85. The van der Waals surface area contributed by atoms with E-state index in [0.717, 1.165) is 11.0 Å². The number of rotatable bonds is 6. The summed E-state index contributed by atoms with van der Waals surface area (Å²) in [6.07, 6.45) is 0. The minimum Gasteiger partial charge on any atom is -0.399 e. The molecular weight excluding hydrogens is 286 g/mol. The third-order valence-corrected chi connectivity index (χ3v) is 3.26. The van der Waals surface area contributed by atoms with E-state index in [9.17, 15) is 18.0 Å². The van der Waals surface area contributed by atoms with E-state index in [-0.39, 0.29) is 16.3 Å². The van der Waals surface area contributed by atoms with Crippen LogP contribution in [0.4, 0.5) is 11.4 Å². The number of amides is 2. The highest BCUT2D eigenvalue weighted by molar-refractivity contribution is 7.89. The second-order valence-electron chi connectivity index (χ2n) is 4.06. The molecule has 0 spiro atoms. The average Bonchev–Trinajstić information content (AvgIpc) is 2.25. The molecule has 1 aromatic rings. The Kier molecular flexibility index (Phi) is 4.53. The number of hydrogen-bond donors (Lipinski definition) is 4. The van der Waals surface area contributed by atoms with E-state index in [1.165, 1.54) is 12.1 Å². The zero-order chi connectivity index (χ0) is 15.5. The first-order valence-corrected chi connectivity index (χ1v) is 6.89. The summed E-state index contributed by atoms with van der Waals surface area (Å²) in [5, 5.41) is 5.08. The standard InChI is InChI=1S/C10H15N5O4S/c11-6-1-2-7(8(3-6)20(14,18)19)15(4-9(12)16)5-10(13)17/h1-3H,4-5,11H2,(H2,12,16)(H2,13,17)(H2,14,18,19). The number of anilines is 2. The van der Waals surface area contributed by atoms with Gasteiger partial charge in [-0.05, 0) is 18.2 Å². The zero-order valence-corrected chi connectivity index (χ0v) is 11.3. The number of primary sulfonamides is 1. The summed E-state index contributed by atoms with van der Waals surface area (Å²) < 4.78 is 23.1. The highest BCUT2D eigenvalue weighted by Crippen LogP contribution is 2.26. The van der Waals surface area contributed by atoms with E-state index in [1.54, 1.807) is 0 Å². The van der Waals surface area contributed by atoms with Crippen LogP contribution in [0.15, 0.2) is 23.1 Å². The van der Waals surface area contributed by atoms with Crippen LogP contribution in [0.2, 0.25) is 0 Å². The summed E-state index contributed by atoms with van der Waals surface area (Å²) in [7, 11) is -4.10. The van der Waals surface area contributed by atoms with E-state index >= 15 is 0 Å². The molecule has 9 nitrogen and oxygen atoms in total. The van der Waals surface area contributed by atoms with Gasteiger partial charge in [0, 0.05) is 5.69 Å². The largest absolute Gasteiger partial charge is 0.399 e. The van der Waals surface area contributed by atoms with Gasteiger partial charge >= 0.3 is 0 Å². The van der Waals surface area contributed by atoms with Gasteiger partial charge in [-0.15, -0.1) is 0 Å². The van der Waals surface area contributed by atoms with Crippen molar-refractivity contribution < 1.29 is 18.0 Å². The van der Waals surface area contributed by atoms with Crippen molar-refractivity contribution in [2.45, 2.75) is 4.90 Å². The molecule has 0 saturated heterocycles. The maximum Gasteiger partial charge on any atom is 0.240 e. The number of nitrogens with zero attached hydrogens (tertiary/aromatic N) is 1. The number of benzene rings is 1. The number of carbonyl (C=O) groups is 2. The normalized spacial score (nSPS) is 11.1. The van der Waals surface area contributed by atoms with Crippen molar-refractivity contribution in [1.29, 1.82) is 0 Å². The molecule has 0 aliphatic carbocycles. The molecule has 0 saturated carbocycles. The third kappa shape index (κ3) is 4.10. The molecule has 0 aliphatic rings. The number of nitrogen functional groups attached to an aromatic ring is 1. The van der Waals surface area contributed by atoms with Crippen molar-refractivity contribution in [2.75, 3.05) is 23.7 Å². The summed E-state index contributed by atoms with van der Waals surface area (Å²) in [5.74, 6) is -1.52. The smallest absolute Gasteiger partial charge is 0.240 e. The molecule has 1 rings (SSSR count). The van der Waals surface area contributed by atoms with Crippen molar-refractivity contribution in [1.82, 2.24) is 0 Å². The predicted molar refractivity (Wildman–Crippen MR) is 72.8 cm³/mol. The van der Waals surface area contributed by atoms with Gasteiger partial charge in [-0.1, -0.05) is 0 Å². The lowest BCUT2D eigenvalue weighted by Gasteiger charge is -2.23. The van der Waals surface area contributed by atoms with Crippen LogP contribution in [-0.2, 0) is 19.6 Å². The summed E-state index contributed by atoms with van der Waals surface area (Å²) in [4.78, 5) is 22.8. The summed E-state index contributed by atoms with van der Waals surface area (Å²) >= 11 is 0. The van der Waals surface area contributed by atoms with Gasteiger partial charge < -0.3 is 22.1 Å². The molecule has 0 atom stereocenters. The van der Waals surface area contributed by atoms with Crippen LogP contribution in [0.5, 0.6) is 0 Å². The lowest BCUT2D eigenvalue weighted by molar-refractivity contribution is -0.117. The number of carbonyl (C=O) groups excluding carboxylic acids is 2. The van der Waals surface area contributed by atoms with Crippen LogP contribution in [-0.4, -0.2) is 33.3 Å². The first-order valence-electron chi connectivity index (χ1n) is 5.35. The van der Waals surface area contributed by atoms with Gasteiger partial charge in [-0.25, -0.2) is 13.6 Å². The van der Waals surface area contributed by atoms with E-state index in [4.69, 9.17) is 22.3 Å². The van der Waals surface area contributed by atoms with E-state index in [1.807, 2.05) is 0 Å². The Morgan fingerprint density at radius 3 is 2.00 bits per heavy atom. The Labute approximate surface area is 115 Å². The van der Waals surface area contributed by atoms with Gasteiger partial charge in [0.2, 0.25) is 21.8 Å². The van der Waals surface area contributed by atoms with Gasteiger partial charge in [0.05, 0.1) is 18.8 Å². The average molecular weight is 301 g/mol. The molecule has 0 heterocycles. The molecule has 20 heavy (non-hydrogen) atoms. The maximum atomic E-state index is 11.5. The Morgan fingerprint density at radius 2 is 1.60 bits per heavy atom. The zero-order valence-electron chi connectivity index (χ0n) is 10.4. The van der Waals surface area contributed by atoms with Crippen LogP contribution < -0.4 is 27.2 Å². The van der Waals surface area contributed by atoms with Gasteiger partial charge in [0.15, 0.2) is 0 Å². The molecule has 110 valence electrons. The lowest BCUT2D eigenvalue weighted by Crippen LogP contribution is -2.40. The lowest BCUT2D eigenvalue weighted by atomic mass is 10.2. The predicted octanol–water partition coefficient (Wildman–Crippen LogP) is -2.31. The van der Waals surface area contributed by atoms with Crippen LogP contribution >= 0.6 is 0 Å². The van der Waals surface area contributed by atoms with Gasteiger partial charge in [0.1, 0.15) is 4.90 Å². The van der Waals surface area contributed by atoms with E-state index in [0.29, 0.717) is 0 Å². The van der Waals surface area contributed by atoms with Crippen molar-refractivity contribution in [2.24, 2.45) is 16.6 Å². The fourth-order valence-corrected chi connectivity index (χ4v) is 2.41. The second kappa shape index (κ2) is 5.75. The summed E-state index contributed by atoms with van der Waals surface area (Å²) in [6.45, 7) is -0.787. The van der Waals surface area contributed by atoms with Crippen molar-refractivity contribution in [3.05, 3.63) is 18.2 Å². The summed E-state index contributed by atoms with van der Waals surface area (Å²) in [5.41, 5.74) is 15.8. The van der Waals surface area contributed by atoms with Crippen LogP contribution in [0.1, 0.15) is 0 Å². The van der Waals surface area contributed by atoms with Gasteiger partial charge in [-0.2, -0.15) is 0 Å². The third-order valence-electron chi connectivity index (χ3n) is 2.32. The van der Waals surface area contributed by atoms with Crippen LogP contribution in [0.3, 0.4) is 0 Å². The molecule has 0 bridgehead atoms. The molecule has 0 aliphatic heterocycles. The molecule has 0 radical (unpaired) electrons. The quantitative estimate of drug-likeness (QED) is 0.429. The Bertz CT molecular complexity index is 627. The van der Waals surface area contributed by atoms with Crippen molar-refractivity contribution in [3.8, 4) is 0 Å². The van der Waals surface area contributed by atoms with Crippen LogP contribution in [0.25, 0.3) is 0 Å². The Balaban J connectivity index is 3.39. The molecule has 0 aromatic heterocycles. The number of primary amides is 2. The van der Waals surface area contributed by atoms with E-state index in [2.05, 4.69) is 0 Å². The van der Waals surface area contributed by atoms with E-state index < -0.39 is 34.9 Å². The molecule has 1 aromatic carbocycles. The number of sulfonamides is 1. The van der Waals surface area contributed by atoms with Crippen molar-refractivity contribution >= 4 is 33.2 Å². The Morgan fingerprint density at radius 1 is 1.10 bits per heavy atom. The topological polar surface area (TPSA) is 176 Å². The van der Waals surface area contributed by atoms with Gasteiger partial charge in [-0.3, -0.25) is 9.59 Å². The molecule has 8 N–H and O–H groups in total. The number of nitrogens with two attached hydrogens (primary N) is 4. The minimum absolute atomic E-state index is 0.0271. The monoisotopic (exact) mass is 301 g/mol. The second-order valence-corrected chi connectivity index (χ2v) is 5.59.